The molecule has 92 valence electrons. The van der Waals surface area contributed by atoms with Crippen LogP contribution in [0, 0.1) is 11.3 Å². The summed E-state index contributed by atoms with van der Waals surface area (Å²) in [6.07, 6.45) is 1.93. The van der Waals surface area contributed by atoms with Crippen LogP contribution in [0.25, 0.3) is 0 Å². The number of benzene rings is 1. The molecule has 0 radical (unpaired) electrons. The highest BCUT2D eigenvalue weighted by Gasteiger charge is 2.20. The van der Waals surface area contributed by atoms with Gasteiger partial charge in [-0.05, 0) is 43.6 Å². The number of phenolic OH excluding ortho intramolecular Hbond substituents is 1. The molecule has 0 spiro atoms. The van der Waals surface area contributed by atoms with Crippen molar-refractivity contribution in [1.29, 1.82) is 5.41 Å². The maximum atomic E-state index is 9.39. The molecular formula is C13H19N3O. The van der Waals surface area contributed by atoms with Gasteiger partial charge in [0.2, 0.25) is 0 Å². The number of nitrogens with zero attached hydrogens (tertiary/aromatic N) is 1. The quantitative estimate of drug-likeness (QED) is 0.547. The van der Waals surface area contributed by atoms with Crippen LogP contribution in [0.4, 0.5) is 0 Å². The van der Waals surface area contributed by atoms with E-state index in [0.717, 1.165) is 38.0 Å². The van der Waals surface area contributed by atoms with Gasteiger partial charge in [-0.25, -0.2) is 0 Å². The van der Waals surface area contributed by atoms with Crippen molar-refractivity contribution in [1.82, 2.24) is 4.90 Å². The molecule has 1 aromatic rings. The Morgan fingerprint density at radius 1 is 1.41 bits per heavy atom. The number of aromatic hydroxyl groups is 1. The van der Waals surface area contributed by atoms with Crippen LogP contribution >= 0.6 is 0 Å². The van der Waals surface area contributed by atoms with Crippen LogP contribution in [-0.4, -0.2) is 28.9 Å². The van der Waals surface area contributed by atoms with Crippen molar-refractivity contribution in [2.45, 2.75) is 19.4 Å². The van der Waals surface area contributed by atoms with E-state index in [4.69, 9.17) is 11.1 Å². The predicted octanol–water partition coefficient (Wildman–Crippen LogP) is 1.54. The SMILES string of the molecule is N=C(N)C1CCN(Cc2cccc(O)c2)CC1. The van der Waals surface area contributed by atoms with Gasteiger partial charge >= 0.3 is 0 Å². The highest BCUT2D eigenvalue weighted by molar-refractivity contribution is 5.79. The maximum Gasteiger partial charge on any atom is 0.115 e. The molecule has 1 aromatic carbocycles. The summed E-state index contributed by atoms with van der Waals surface area (Å²) in [5.41, 5.74) is 6.65. The number of piperidine rings is 1. The Kier molecular flexibility index (Phi) is 3.64. The molecule has 1 heterocycles. The summed E-state index contributed by atoms with van der Waals surface area (Å²) in [6.45, 7) is 2.80. The Balaban J connectivity index is 1.88. The average molecular weight is 233 g/mol. The van der Waals surface area contributed by atoms with E-state index in [0.29, 0.717) is 11.6 Å². The molecule has 0 atom stereocenters. The zero-order valence-corrected chi connectivity index (χ0v) is 9.89. The lowest BCUT2D eigenvalue weighted by Crippen LogP contribution is -2.37. The minimum atomic E-state index is 0.260. The van der Waals surface area contributed by atoms with Crippen molar-refractivity contribution < 1.29 is 5.11 Å². The van der Waals surface area contributed by atoms with Gasteiger partial charge in [-0.15, -0.1) is 0 Å². The van der Waals surface area contributed by atoms with Gasteiger partial charge in [-0.3, -0.25) is 10.3 Å². The summed E-state index contributed by atoms with van der Waals surface area (Å²) < 4.78 is 0. The van der Waals surface area contributed by atoms with Crippen LogP contribution in [0.1, 0.15) is 18.4 Å². The first-order valence-electron chi connectivity index (χ1n) is 5.99. The molecule has 17 heavy (non-hydrogen) atoms. The van der Waals surface area contributed by atoms with Crippen LogP contribution in [0.2, 0.25) is 0 Å². The lowest BCUT2D eigenvalue weighted by atomic mass is 9.95. The Morgan fingerprint density at radius 2 is 2.12 bits per heavy atom. The van der Waals surface area contributed by atoms with Gasteiger partial charge in [0, 0.05) is 12.5 Å². The molecule has 1 saturated heterocycles. The summed E-state index contributed by atoms with van der Waals surface area (Å²) in [5, 5.41) is 16.8. The van der Waals surface area contributed by atoms with Crippen LogP contribution in [0.5, 0.6) is 5.75 Å². The van der Waals surface area contributed by atoms with Gasteiger partial charge in [0.1, 0.15) is 5.75 Å². The van der Waals surface area contributed by atoms with Crippen molar-refractivity contribution in [2.75, 3.05) is 13.1 Å². The number of hydrogen-bond donors (Lipinski definition) is 3. The largest absolute Gasteiger partial charge is 0.508 e. The fourth-order valence-corrected chi connectivity index (χ4v) is 2.32. The third-order valence-corrected chi connectivity index (χ3v) is 3.34. The lowest BCUT2D eigenvalue weighted by Gasteiger charge is -2.31. The minimum absolute atomic E-state index is 0.260. The molecule has 4 nitrogen and oxygen atoms in total. The van der Waals surface area contributed by atoms with Crippen molar-refractivity contribution >= 4 is 5.84 Å². The number of rotatable bonds is 3. The smallest absolute Gasteiger partial charge is 0.115 e. The van der Waals surface area contributed by atoms with Gasteiger partial charge in [0.05, 0.1) is 5.84 Å². The standard InChI is InChI=1S/C13H19N3O/c14-13(15)11-4-6-16(7-5-11)9-10-2-1-3-12(17)8-10/h1-3,8,11,17H,4-7,9H2,(H3,14,15). The van der Waals surface area contributed by atoms with Gasteiger partial charge in [-0.1, -0.05) is 12.1 Å². The first-order chi connectivity index (χ1) is 8.15. The molecule has 1 fully saturated rings. The first kappa shape index (κ1) is 11.9. The lowest BCUT2D eigenvalue weighted by molar-refractivity contribution is 0.201. The second-order valence-electron chi connectivity index (χ2n) is 4.68. The van der Waals surface area contributed by atoms with E-state index in [2.05, 4.69) is 4.90 Å². The van der Waals surface area contributed by atoms with E-state index in [1.165, 1.54) is 0 Å². The monoisotopic (exact) mass is 233 g/mol. The highest BCUT2D eigenvalue weighted by Crippen LogP contribution is 2.20. The van der Waals surface area contributed by atoms with Gasteiger partial charge in [0.25, 0.3) is 0 Å². The Morgan fingerprint density at radius 3 is 2.71 bits per heavy atom. The Labute approximate surface area is 102 Å². The van der Waals surface area contributed by atoms with E-state index in [9.17, 15) is 5.11 Å². The van der Waals surface area contributed by atoms with Crippen molar-refractivity contribution in [3.8, 4) is 5.75 Å². The van der Waals surface area contributed by atoms with Gasteiger partial charge < -0.3 is 10.8 Å². The number of likely N-dealkylation sites (tertiary alicyclic amines) is 1. The summed E-state index contributed by atoms with van der Waals surface area (Å²) in [7, 11) is 0. The van der Waals surface area contributed by atoms with Gasteiger partial charge in [-0.2, -0.15) is 0 Å². The molecule has 0 aliphatic carbocycles. The van der Waals surface area contributed by atoms with Crippen LogP contribution in [-0.2, 0) is 6.54 Å². The molecule has 0 saturated carbocycles. The number of nitrogens with two attached hydrogens (primary N) is 1. The Hall–Kier alpha value is -1.55. The van der Waals surface area contributed by atoms with E-state index in [1.807, 2.05) is 12.1 Å². The zero-order chi connectivity index (χ0) is 12.3. The Bertz CT molecular complexity index is 397. The predicted molar refractivity (Wildman–Crippen MR) is 68.0 cm³/mol. The molecule has 1 aliphatic rings. The molecule has 0 unspecified atom stereocenters. The highest BCUT2D eigenvalue weighted by atomic mass is 16.3. The van der Waals surface area contributed by atoms with Crippen molar-refractivity contribution in [3.05, 3.63) is 29.8 Å². The fourth-order valence-electron chi connectivity index (χ4n) is 2.32. The molecule has 4 heteroatoms. The molecule has 0 amide bonds. The molecule has 4 N–H and O–H groups in total. The molecule has 2 rings (SSSR count). The minimum Gasteiger partial charge on any atom is -0.508 e. The van der Waals surface area contributed by atoms with E-state index < -0.39 is 0 Å². The van der Waals surface area contributed by atoms with E-state index in [1.54, 1.807) is 12.1 Å². The maximum absolute atomic E-state index is 9.39. The second-order valence-corrected chi connectivity index (χ2v) is 4.68. The number of phenols is 1. The number of amidine groups is 1. The second kappa shape index (κ2) is 5.19. The topological polar surface area (TPSA) is 73.3 Å². The summed E-state index contributed by atoms with van der Waals surface area (Å²) in [6, 6.07) is 7.38. The average Bonchev–Trinajstić information content (AvgIpc) is 2.29. The van der Waals surface area contributed by atoms with Crippen LogP contribution < -0.4 is 5.73 Å². The molecular weight excluding hydrogens is 214 g/mol. The zero-order valence-electron chi connectivity index (χ0n) is 9.89. The summed E-state index contributed by atoms with van der Waals surface area (Å²) >= 11 is 0. The normalized spacial score (nSPS) is 18.1. The van der Waals surface area contributed by atoms with Crippen LogP contribution in [0.3, 0.4) is 0 Å². The molecule has 1 aliphatic heterocycles. The first-order valence-corrected chi connectivity index (χ1v) is 5.99. The molecule has 0 bridgehead atoms. The van der Waals surface area contributed by atoms with Crippen molar-refractivity contribution in [3.63, 3.8) is 0 Å². The van der Waals surface area contributed by atoms with Crippen molar-refractivity contribution in [2.24, 2.45) is 11.7 Å². The van der Waals surface area contributed by atoms with Gasteiger partial charge in [0.15, 0.2) is 0 Å². The third-order valence-electron chi connectivity index (χ3n) is 3.34. The number of nitrogens with one attached hydrogen (secondary N) is 1. The molecule has 0 aromatic heterocycles. The fraction of sp³-hybridized carbons (Fsp3) is 0.462. The summed E-state index contributed by atoms with van der Waals surface area (Å²) in [4.78, 5) is 2.34. The third kappa shape index (κ3) is 3.20. The van der Waals surface area contributed by atoms with E-state index >= 15 is 0 Å². The van der Waals surface area contributed by atoms with Crippen LogP contribution in [0.15, 0.2) is 24.3 Å². The number of hydrogen-bond acceptors (Lipinski definition) is 3. The summed E-state index contributed by atoms with van der Waals surface area (Å²) in [5.74, 6) is 0.901. The van der Waals surface area contributed by atoms with E-state index in [-0.39, 0.29) is 5.92 Å².